The molecule has 0 aliphatic heterocycles. The van der Waals surface area contributed by atoms with Crippen molar-refractivity contribution in [3.8, 4) is 22.8 Å². The average Bonchev–Trinajstić information content (AvgIpc) is 3.58. The van der Waals surface area contributed by atoms with Crippen LogP contribution in [0.5, 0.6) is 5.75 Å². The van der Waals surface area contributed by atoms with Crippen LogP contribution >= 0.6 is 11.8 Å². The molecule has 1 aromatic heterocycles. The fraction of sp³-hybridized carbons (Fsp3) is 0.222. The molecule has 0 atom stereocenters. The van der Waals surface area contributed by atoms with Gasteiger partial charge in [0.05, 0.1) is 12.9 Å². The fourth-order valence-corrected chi connectivity index (χ4v) is 4.86. The lowest BCUT2D eigenvalue weighted by atomic mass is 9.96. The third kappa shape index (κ3) is 4.70. The number of aromatic nitrogens is 3. The maximum absolute atomic E-state index is 12.7. The van der Waals surface area contributed by atoms with Crippen LogP contribution in [0.2, 0.25) is 0 Å². The number of ether oxygens (including phenoxy) is 1. The summed E-state index contributed by atoms with van der Waals surface area (Å²) in [6.07, 6.45) is 2.22. The highest BCUT2D eigenvalue weighted by Gasteiger charge is 2.44. The lowest BCUT2D eigenvalue weighted by molar-refractivity contribution is -0.118. The fourth-order valence-electron chi connectivity index (χ4n) is 4.08. The van der Waals surface area contributed by atoms with Crippen molar-refractivity contribution >= 4 is 17.7 Å². The van der Waals surface area contributed by atoms with Gasteiger partial charge in [-0.15, -0.1) is 10.2 Å². The Morgan fingerprint density at radius 1 is 1.00 bits per heavy atom. The third-order valence-corrected chi connectivity index (χ3v) is 7.10. The van der Waals surface area contributed by atoms with E-state index >= 15 is 0 Å². The molecule has 5 rings (SSSR count). The number of hydrogen-bond acceptors (Lipinski definition) is 5. The van der Waals surface area contributed by atoms with Crippen LogP contribution in [0.3, 0.4) is 0 Å². The van der Waals surface area contributed by atoms with Gasteiger partial charge in [-0.05, 0) is 42.7 Å². The van der Waals surface area contributed by atoms with Gasteiger partial charge in [0, 0.05) is 23.2 Å². The predicted molar refractivity (Wildman–Crippen MR) is 134 cm³/mol. The minimum atomic E-state index is -0.00209. The SMILES string of the molecule is COc1cccc(-c2nnc(SCC(=O)NCC3(c4ccccc4)CC3)n2-c2ccccc2)c1. The van der Waals surface area contributed by atoms with Gasteiger partial charge in [-0.25, -0.2) is 0 Å². The molecule has 0 spiro atoms. The van der Waals surface area contributed by atoms with E-state index < -0.39 is 0 Å². The Labute approximate surface area is 203 Å². The highest BCUT2D eigenvalue weighted by Crippen LogP contribution is 2.47. The van der Waals surface area contributed by atoms with Gasteiger partial charge in [0.25, 0.3) is 0 Å². The molecule has 0 radical (unpaired) electrons. The van der Waals surface area contributed by atoms with E-state index in [9.17, 15) is 4.79 Å². The first-order valence-electron chi connectivity index (χ1n) is 11.3. The van der Waals surface area contributed by atoms with Gasteiger partial charge in [0.2, 0.25) is 5.91 Å². The number of para-hydroxylation sites is 1. The highest BCUT2D eigenvalue weighted by molar-refractivity contribution is 7.99. The second kappa shape index (κ2) is 9.73. The topological polar surface area (TPSA) is 69.0 Å². The summed E-state index contributed by atoms with van der Waals surface area (Å²) in [5.74, 6) is 1.72. The van der Waals surface area contributed by atoms with Crippen LogP contribution in [0.1, 0.15) is 18.4 Å². The van der Waals surface area contributed by atoms with Crippen molar-refractivity contribution < 1.29 is 9.53 Å². The minimum Gasteiger partial charge on any atom is -0.497 e. The van der Waals surface area contributed by atoms with Gasteiger partial charge in [0.1, 0.15) is 5.75 Å². The molecule has 1 aliphatic rings. The van der Waals surface area contributed by atoms with E-state index in [0.29, 0.717) is 17.5 Å². The average molecular weight is 471 g/mol. The van der Waals surface area contributed by atoms with E-state index in [-0.39, 0.29) is 17.1 Å². The molecule has 1 heterocycles. The summed E-state index contributed by atoms with van der Waals surface area (Å²) < 4.78 is 7.37. The van der Waals surface area contributed by atoms with Crippen molar-refractivity contribution in [2.24, 2.45) is 0 Å². The normalized spacial score (nSPS) is 13.9. The van der Waals surface area contributed by atoms with Gasteiger partial charge < -0.3 is 10.1 Å². The number of hydrogen-bond donors (Lipinski definition) is 1. The summed E-state index contributed by atoms with van der Waals surface area (Å²) in [5, 5.41) is 12.7. The van der Waals surface area contributed by atoms with Gasteiger partial charge >= 0.3 is 0 Å². The van der Waals surface area contributed by atoms with Crippen molar-refractivity contribution in [3.63, 3.8) is 0 Å². The van der Waals surface area contributed by atoms with Crippen LogP contribution in [0.25, 0.3) is 17.1 Å². The summed E-state index contributed by atoms with van der Waals surface area (Å²) in [5.41, 5.74) is 3.22. The Bertz CT molecular complexity index is 1270. The van der Waals surface area contributed by atoms with E-state index in [2.05, 4.69) is 39.8 Å². The molecule has 4 aromatic rings. The van der Waals surface area contributed by atoms with E-state index in [4.69, 9.17) is 4.74 Å². The van der Waals surface area contributed by atoms with E-state index in [1.807, 2.05) is 65.2 Å². The number of methoxy groups -OCH3 is 1. The second-order valence-electron chi connectivity index (χ2n) is 8.42. The van der Waals surface area contributed by atoms with Crippen LogP contribution in [0, 0.1) is 0 Å². The lowest BCUT2D eigenvalue weighted by Gasteiger charge is -2.16. The molecular formula is C27H26N4O2S. The molecule has 0 bridgehead atoms. The van der Waals surface area contributed by atoms with Crippen molar-refractivity contribution in [2.75, 3.05) is 19.4 Å². The monoisotopic (exact) mass is 470 g/mol. The molecule has 1 aliphatic carbocycles. The molecule has 6 nitrogen and oxygen atoms in total. The smallest absolute Gasteiger partial charge is 0.230 e. The zero-order valence-corrected chi connectivity index (χ0v) is 19.8. The number of rotatable bonds is 9. The molecule has 1 amide bonds. The Hall–Kier alpha value is -3.58. The number of nitrogens with one attached hydrogen (secondary N) is 1. The summed E-state index contributed by atoms with van der Waals surface area (Å²) in [6, 6.07) is 28.1. The van der Waals surface area contributed by atoms with Crippen molar-refractivity contribution in [2.45, 2.75) is 23.4 Å². The molecule has 1 N–H and O–H groups in total. The minimum absolute atomic E-state index is 0.00209. The summed E-state index contributed by atoms with van der Waals surface area (Å²) in [6.45, 7) is 0.664. The maximum Gasteiger partial charge on any atom is 0.230 e. The van der Waals surface area contributed by atoms with Gasteiger partial charge in [-0.1, -0.05) is 72.4 Å². The van der Waals surface area contributed by atoms with E-state index in [1.54, 1.807) is 7.11 Å². The van der Waals surface area contributed by atoms with Crippen LogP contribution in [-0.2, 0) is 10.2 Å². The molecule has 1 saturated carbocycles. The molecular weight excluding hydrogens is 444 g/mol. The molecule has 7 heteroatoms. The summed E-state index contributed by atoms with van der Waals surface area (Å²) >= 11 is 1.39. The molecule has 34 heavy (non-hydrogen) atoms. The quantitative estimate of drug-likeness (QED) is 0.353. The Kier molecular flexibility index (Phi) is 6.36. The lowest BCUT2D eigenvalue weighted by Crippen LogP contribution is -2.33. The maximum atomic E-state index is 12.7. The molecule has 0 saturated heterocycles. The third-order valence-electron chi connectivity index (χ3n) is 6.17. The van der Waals surface area contributed by atoms with Crippen LogP contribution in [0.15, 0.2) is 90.1 Å². The summed E-state index contributed by atoms with van der Waals surface area (Å²) in [7, 11) is 1.64. The van der Waals surface area contributed by atoms with Gasteiger partial charge in [-0.2, -0.15) is 0 Å². The van der Waals surface area contributed by atoms with Crippen LogP contribution in [-0.4, -0.2) is 40.1 Å². The largest absolute Gasteiger partial charge is 0.497 e. The standard InChI is InChI=1S/C27H26N4O2S/c1-33-23-14-8-9-20(17-23)25-29-30-26(31(25)22-12-6-3-7-13-22)34-18-24(32)28-19-27(15-16-27)21-10-4-2-5-11-21/h2-14,17H,15-16,18-19H2,1H3,(H,28,32). The van der Waals surface area contributed by atoms with Crippen LogP contribution < -0.4 is 10.1 Å². The molecule has 0 unspecified atom stereocenters. The number of thioether (sulfide) groups is 1. The second-order valence-corrected chi connectivity index (χ2v) is 9.36. The van der Waals surface area contributed by atoms with Crippen molar-refractivity contribution in [3.05, 3.63) is 90.5 Å². The van der Waals surface area contributed by atoms with E-state index in [1.165, 1.54) is 17.3 Å². The zero-order chi connectivity index (χ0) is 23.4. The predicted octanol–water partition coefficient (Wildman–Crippen LogP) is 4.88. The molecule has 1 fully saturated rings. The van der Waals surface area contributed by atoms with Crippen LogP contribution in [0.4, 0.5) is 0 Å². The number of carbonyl (C=O) groups is 1. The Morgan fingerprint density at radius 3 is 2.44 bits per heavy atom. The van der Waals surface area contributed by atoms with Crippen molar-refractivity contribution in [1.29, 1.82) is 0 Å². The number of benzene rings is 3. The molecule has 3 aromatic carbocycles. The Balaban J connectivity index is 1.32. The first-order valence-corrected chi connectivity index (χ1v) is 12.3. The molecule has 172 valence electrons. The number of nitrogens with zero attached hydrogens (tertiary/aromatic N) is 3. The van der Waals surface area contributed by atoms with Gasteiger partial charge in [0.15, 0.2) is 11.0 Å². The zero-order valence-electron chi connectivity index (χ0n) is 19.0. The Morgan fingerprint density at radius 2 is 1.74 bits per heavy atom. The summed E-state index contributed by atoms with van der Waals surface area (Å²) in [4.78, 5) is 12.7. The number of amides is 1. The van der Waals surface area contributed by atoms with E-state index in [0.717, 1.165) is 29.8 Å². The van der Waals surface area contributed by atoms with Gasteiger partial charge in [-0.3, -0.25) is 9.36 Å². The highest BCUT2D eigenvalue weighted by atomic mass is 32.2. The number of carbonyl (C=O) groups excluding carboxylic acids is 1. The first kappa shape index (κ1) is 22.2. The first-order chi connectivity index (χ1) is 16.7. The van der Waals surface area contributed by atoms with Crippen molar-refractivity contribution in [1.82, 2.24) is 20.1 Å².